The van der Waals surface area contributed by atoms with Gasteiger partial charge in [0, 0.05) is 16.2 Å². The molecule has 3 aromatic carbocycles. The smallest absolute Gasteiger partial charge is 0.264 e. The van der Waals surface area contributed by atoms with Crippen molar-refractivity contribution < 1.29 is 22.7 Å². The maximum Gasteiger partial charge on any atom is 0.264 e. The number of carbonyl (C=O) groups excluding carboxylic acids is 1. The van der Waals surface area contributed by atoms with E-state index in [1.54, 1.807) is 36.4 Å². The van der Waals surface area contributed by atoms with Gasteiger partial charge < -0.3 is 14.8 Å². The normalized spacial score (nSPS) is 11.1. The fraction of sp³-hybridized carbons (Fsp3) is 0.208. The number of halogens is 1. The van der Waals surface area contributed by atoms with Crippen LogP contribution in [0.5, 0.6) is 11.5 Å². The van der Waals surface area contributed by atoms with Crippen LogP contribution in [0.15, 0.2) is 70.0 Å². The number of carbonyl (C=O) groups is 1. The summed E-state index contributed by atoms with van der Waals surface area (Å²) in [7, 11) is -1.18. The minimum absolute atomic E-state index is 0.0604. The Labute approximate surface area is 202 Å². The summed E-state index contributed by atoms with van der Waals surface area (Å²) >= 11 is 3.43. The highest BCUT2D eigenvalue weighted by molar-refractivity contribution is 9.10. The first-order chi connectivity index (χ1) is 15.6. The zero-order chi connectivity index (χ0) is 24.2. The highest BCUT2D eigenvalue weighted by Gasteiger charge is 2.30. The molecule has 0 unspecified atom stereocenters. The lowest BCUT2D eigenvalue weighted by atomic mass is 10.2. The third-order valence-corrected chi connectivity index (χ3v) is 7.66. The van der Waals surface area contributed by atoms with Crippen molar-refractivity contribution >= 4 is 43.2 Å². The first-order valence-electron chi connectivity index (χ1n) is 10.0. The predicted molar refractivity (Wildman–Crippen MR) is 133 cm³/mol. The summed E-state index contributed by atoms with van der Waals surface area (Å²) in [6, 6.07) is 16.6. The minimum Gasteiger partial charge on any atom is -0.497 e. The Balaban J connectivity index is 2.04. The lowest BCUT2D eigenvalue weighted by Crippen LogP contribution is -2.38. The lowest BCUT2D eigenvalue weighted by Gasteiger charge is -2.26. The summed E-state index contributed by atoms with van der Waals surface area (Å²) in [5.74, 6) is 0.218. The Hall–Kier alpha value is -3.04. The van der Waals surface area contributed by atoms with E-state index in [2.05, 4.69) is 21.2 Å². The van der Waals surface area contributed by atoms with Gasteiger partial charge in [0.15, 0.2) is 0 Å². The lowest BCUT2D eigenvalue weighted by molar-refractivity contribution is -0.114. The molecular formula is C24H25BrN2O5S. The molecule has 33 heavy (non-hydrogen) atoms. The number of sulfonamides is 1. The van der Waals surface area contributed by atoms with Crippen molar-refractivity contribution in [2.75, 3.05) is 30.4 Å². The van der Waals surface area contributed by atoms with Gasteiger partial charge >= 0.3 is 0 Å². The van der Waals surface area contributed by atoms with Gasteiger partial charge in [-0.25, -0.2) is 8.42 Å². The van der Waals surface area contributed by atoms with E-state index in [1.165, 1.54) is 32.4 Å². The molecule has 1 N–H and O–H groups in total. The van der Waals surface area contributed by atoms with E-state index in [9.17, 15) is 13.2 Å². The van der Waals surface area contributed by atoms with Crippen LogP contribution in [0, 0.1) is 13.8 Å². The molecule has 0 fully saturated rings. The van der Waals surface area contributed by atoms with Crippen molar-refractivity contribution in [3.05, 3.63) is 76.3 Å². The van der Waals surface area contributed by atoms with Gasteiger partial charge in [0.25, 0.3) is 10.0 Å². The number of benzene rings is 3. The minimum atomic E-state index is -4.10. The van der Waals surface area contributed by atoms with Crippen LogP contribution >= 0.6 is 15.9 Å². The van der Waals surface area contributed by atoms with Crippen LogP contribution in [0.4, 0.5) is 11.4 Å². The monoisotopic (exact) mass is 532 g/mol. The van der Waals surface area contributed by atoms with Crippen LogP contribution in [0.2, 0.25) is 0 Å². The number of hydrogen-bond donors (Lipinski definition) is 1. The van der Waals surface area contributed by atoms with Gasteiger partial charge in [-0.05, 0) is 61.9 Å². The van der Waals surface area contributed by atoms with Crippen molar-refractivity contribution in [2.45, 2.75) is 18.7 Å². The molecule has 3 aromatic rings. The van der Waals surface area contributed by atoms with E-state index in [0.717, 1.165) is 19.9 Å². The molecule has 1 amide bonds. The number of anilines is 2. The standard InChI is InChI=1S/C24H25BrN2O5S/c1-16-5-9-20(10-6-16)33(29,30)27(22-14-19(31-3)8-12-23(22)32-4)15-24(28)26-18-7-11-21(25)17(2)13-18/h5-14H,15H2,1-4H3,(H,26,28). The second-order valence-corrected chi connectivity index (χ2v) is 10.1. The molecule has 0 aliphatic rings. The zero-order valence-corrected chi connectivity index (χ0v) is 21.2. The third-order valence-electron chi connectivity index (χ3n) is 4.99. The van der Waals surface area contributed by atoms with Gasteiger partial charge in [-0.15, -0.1) is 0 Å². The predicted octanol–water partition coefficient (Wildman–Crippen LogP) is 4.92. The number of nitrogens with one attached hydrogen (secondary N) is 1. The SMILES string of the molecule is COc1ccc(OC)c(N(CC(=O)Nc2ccc(Br)c(C)c2)S(=O)(=O)c2ccc(C)cc2)c1. The number of hydrogen-bond acceptors (Lipinski definition) is 5. The van der Waals surface area contributed by atoms with E-state index in [4.69, 9.17) is 9.47 Å². The van der Waals surface area contributed by atoms with Crippen molar-refractivity contribution in [1.29, 1.82) is 0 Å². The van der Waals surface area contributed by atoms with E-state index in [1.807, 2.05) is 19.9 Å². The van der Waals surface area contributed by atoms with Gasteiger partial charge in [-0.2, -0.15) is 0 Å². The fourth-order valence-corrected chi connectivity index (χ4v) is 4.85. The van der Waals surface area contributed by atoms with Gasteiger partial charge in [-0.3, -0.25) is 9.10 Å². The van der Waals surface area contributed by atoms with Crippen LogP contribution in [0.3, 0.4) is 0 Å². The van der Waals surface area contributed by atoms with Gasteiger partial charge in [-0.1, -0.05) is 33.6 Å². The molecule has 174 valence electrons. The van der Waals surface area contributed by atoms with E-state index in [0.29, 0.717) is 17.2 Å². The zero-order valence-electron chi connectivity index (χ0n) is 18.8. The van der Waals surface area contributed by atoms with E-state index >= 15 is 0 Å². The summed E-state index contributed by atoms with van der Waals surface area (Å²) in [5, 5.41) is 2.77. The molecule has 0 aliphatic carbocycles. The van der Waals surface area contributed by atoms with Crippen molar-refractivity contribution in [3.63, 3.8) is 0 Å². The topological polar surface area (TPSA) is 84.9 Å². The van der Waals surface area contributed by atoms with Crippen LogP contribution < -0.4 is 19.1 Å². The molecule has 0 atom stereocenters. The second kappa shape index (κ2) is 10.3. The van der Waals surface area contributed by atoms with Gasteiger partial charge in [0.05, 0.1) is 24.8 Å². The van der Waals surface area contributed by atoms with Crippen molar-refractivity contribution in [1.82, 2.24) is 0 Å². The van der Waals surface area contributed by atoms with Gasteiger partial charge in [0.1, 0.15) is 18.0 Å². The van der Waals surface area contributed by atoms with Gasteiger partial charge in [0.2, 0.25) is 5.91 Å². The quantitative estimate of drug-likeness (QED) is 0.445. The van der Waals surface area contributed by atoms with Crippen LogP contribution in [-0.4, -0.2) is 35.1 Å². The molecule has 0 heterocycles. The Morgan fingerprint density at radius 2 is 1.67 bits per heavy atom. The number of aryl methyl sites for hydroxylation is 2. The summed E-state index contributed by atoms with van der Waals surface area (Å²) in [6.45, 7) is 3.30. The number of ether oxygens (including phenoxy) is 2. The summed E-state index contributed by atoms with van der Waals surface area (Å²) in [6.07, 6.45) is 0. The number of methoxy groups -OCH3 is 2. The molecule has 9 heteroatoms. The highest BCUT2D eigenvalue weighted by Crippen LogP contribution is 2.35. The molecule has 0 radical (unpaired) electrons. The molecule has 0 saturated heterocycles. The average Bonchev–Trinajstić information content (AvgIpc) is 2.79. The molecular weight excluding hydrogens is 508 g/mol. The van der Waals surface area contributed by atoms with Crippen LogP contribution in [-0.2, 0) is 14.8 Å². The van der Waals surface area contributed by atoms with E-state index in [-0.39, 0.29) is 10.6 Å². The number of amides is 1. The first-order valence-corrected chi connectivity index (χ1v) is 12.3. The molecule has 7 nitrogen and oxygen atoms in total. The Morgan fingerprint density at radius 1 is 0.970 bits per heavy atom. The maximum absolute atomic E-state index is 13.6. The Bertz CT molecular complexity index is 1260. The fourth-order valence-electron chi connectivity index (χ4n) is 3.18. The summed E-state index contributed by atoms with van der Waals surface area (Å²) in [4.78, 5) is 13.0. The average molecular weight is 533 g/mol. The van der Waals surface area contributed by atoms with Crippen molar-refractivity contribution in [2.24, 2.45) is 0 Å². The van der Waals surface area contributed by atoms with Crippen LogP contribution in [0.25, 0.3) is 0 Å². The maximum atomic E-state index is 13.6. The third kappa shape index (κ3) is 5.66. The highest BCUT2D eigenvalue weighted by atomic mass is 79.9. The van der Waals surface area contributed by atoms with E-state index < -0.39 is 22.5 Å². The number of rotatable bonds is 8. The Kier molecular flexibility index (Phi) is 7.65. The molecule has 0 aliphatic heterocycles. The summed E-state index contributed by atoms with van der Waals surface area (Å²) in [5.41, 5.74) is 2.61. The molecule has 0 bridgehead atoms. The molecule has 0 saturated carbocycles. The number of nitrogens with zero attached hydrogens (tertiary/aromatic N) is 1. The second-order valence-electron chi connectivity index (χ2n) is 7.37. The summed E-state index contributed by atoms with van der Waals surface area (Å²) < 4.78 is 39.9. The molecule has 3 rings (SSSR count). The molecule has 0 aromatic heterocycles. The first kappa shape index (κ1) is 24.6. The van der Waals surface area contributed by atoms with Crippen LogP contribution in [0.1, 0.15) is 11.1 Å². The Morgan fingerprint density at radius 3 is 2.27 bits per heavy atom. The van der Waals surface area contributed by atoms with Crippen molar-refractivity contribution in [3.8, 4) is 11.5 Å². The largest absolute Gasteiger partial charge is 0.497 e. The molecule has 0 spiro atoms.